The van der Waals surface area contributed by atoms with Gasteiger partial charge in [0.25, 0.3) is 10.0 Å². The Morgan fingerprint density at radius 3 is 2.90 bits per heavy atom. The van der Waals surface area contributed by atoms with Gasteiger partial charge in [0, 0.05) is 26.2 Å². The van der Waals surface area contributed by atoms with Crippen LogP contribution in [0.2, 0.25) is 0 Å². The fourth-order valence-corrected chi connectivity index (χ4v) is 3.27. The molecule has 6 nitrogen and oxygen atoms in total. The van der Waals surface area contributed by atoms with Crippen LogP contribution in [0, 0.1) is 0 Å². The second-order valence-corrected chi connectivity index (χ2v) is 6.13. The summed E-state index contributed by atoms with van der Waals surface area (Å²) >= 11 is 0. The van der Waals surface area contributed by atoms with Crippen molar-refractivity contribution in [3.8, 4) is 0 Å². The molecule has 20 heavy (non-hydrogen) atoms. The third-order valence-electron chi connectivity index (χ3n) is 2.91. The van der Waals surface area contributed by atoms with Crippen LogP contribution >= 0.6 is 0 Å². The lowest BCUT2D eigenvalue weighted by Crippen LogP contribution is -2.38. The van der Waals surface area contributed by atoms with Gasteiger partial charge in [-0.3, -0.25) is 4.31 Å². The Kier molecular flexibility index (Phi) is 5.11. The first-order chi connectivity index (χ1) is 9.66. The van der Waals surface area contributed by atoms with E-state index in [1.165, 1.54) is 10.6 Å². The fraction of sp³-hybridized carbons (Fsp3) is 0.462. The van der Waals surface area contributed by atoms with E-state index in [4.69, 9.17) is 4.74 Å². The Balaban J connectivity index is 1.92. The number of nitrogens with one attached hydrogen (secondary N) is 1. The van der Waals surface area contributed by atoms with E-state index in [9.17, 15) is 8.42 Å². The molecule has 0 fully saturated rings. The first-order valence-corrected chi connectivity index (χ1v) is 8.04. The zero-order chi connectivity index (χ0) is 14.4. The average Bonchev–Trinajstić information content (AvgIpc) is 2.45. The van der Waals surface area contributed by atoms with Crippen LogP contribution in [0.3, 0.4) is 0 Å². The lowest BCUT2D eigenvalue weighted by Gasteiger charge is -2.24. The van der Waals surface area contributed by atoms with Crippen molar-refractivity contribution in [2.75, 3.05) is 32.8 Å². The summed E-state index contributed by atoms with van der Waals surface area (Å²) in [5.74, 6) is 0. The highest BCUT2D eigenvalue weighted by Gasteiger charge is 2.27. The molecule has 0 saturated heterocycles. The summed E-state index contributed by atoms with van der Waals surface area (Å²) in [6, 6.07) is 6.75. The fourth-order valence-electron chi connectivity index (χ4n) is 1.88. The molecule has 1 aliphatic rings. The van der Waals surface area contributed by atoms with Crippen molar-refractivity contribution in [1.29, 1.82) is 0 Å². The number of aliphatic imine (C=N–C) groups is 1. The highest BCUT2D eigenvalue weighted by molar-refractivity contribution is 7.89. The number of fused-ring (bicyclic) bond motifs is 1. The standard InChI is InChI=1S/C13H19N3O3S/c1-2-19-10-8-14-7-9-16-11-15-12-5-3-4-6-13(12)20(16,17)18/h3-6,11,14H,2,7-10H2,1H3. The summed E-state index contributed by atoms with van der Waals surface area (Å²) in [6.07, 6.45) is 1.38. The van der Waals surface area contributed by atoms with Gasteiger partial charge in [0.05, 0.1) is 12.3 Å². The van der Waals surface area contributed by atoms with Crippen molar-refractivity contribution < 1.29 is 13.2 Å². The van der Waals surface area contributed by atoms with Crippen LogP contribution in [0.1, 0.15) is 6.92 Å². The average molecular weight is 297 g/mol. The van der Waals surface area contributed by atoms with Crippen molar-refractivity contribution in [3.63, 3.8) is 0 Å². The minimum atomic E-state index is -3.47. The van der Waals surface area contributed by atoms with Crippen LogP contribution in [-0.4, -0.2) is 51.9 Å². The van der Waals surface area contributed by atoms with Crippen molar-refractivity contribution in [2.24, 2.45) is 4.99 Å². The maximum Gasteiger partial charge on any atom is 0.267 e. The quantitative estimate of drug-likeness (QED) is 0.762. The van der Waals surface area contributed by atoms with Gasteiger partial charge in [0.15, 0.2) is 0 Å². The third kappa shape index (κ3) is 3.36. The van der Waals surface area contributed by atoms with Gasteiger partial charge in [-0.15, -0.1) is 0 Å². The van der Waals surface area contributed by atoms with Crippen molar-refractivity contribution in [2.45, 2.75) is 11.8 Å². The van der Waals surface area contributed by atoms with Crippen LogP contribution in [-0.2, 0) is 14.8 Å². The Bertz CT molecular complexity index is 572. The molecule has 1 aliphatic heterocycles. The topological polar surface area (TPSA) is 71.0 Å². The SMILES string of the molecule is CCOCCNCCN1C=Nc2ccccc2S1(=O)=O. The summed E-state index contributed by atoms with van der Waals surface area (Å²) in [5, 5.41) is 3.14. The Hall–Kier alpha value is -1.44. The van der Waals surface area contributed by atoms with Gasteiger partial charge in [-0.05, 0) is 19.1 Å². The molecule has 1 heterocycles. The van der Waals surface area contributed by atoms with Gasteiger partial charge in [-0.1, -0.05) is 12.1 Å². The molecule has 1 N–H and O–H groups in total. The molecule has 0 unspecified atom stereocenters. The monoisotopic (exact) mass is 297 g/mol. The van der Waals surface area contributed by atoms with E-state index in [0.717, 1.165) is 0 Å². The molecule has 0 radical (unpaired) electrons. The zero-order valence-corrected chi connectivity index (χ0v) is 12.3. The molecular formula is C13H19N3O3S. The largest absolute Gasteiger partial charge is 0.380 e. The van der Waals surface area contributed by atoms with Crippen molar-refractivity contribution >= 4 is 22.0 Å². The van der Waals surface area contributed by atoms with E-state index in [-0.39, 0.29) is 4.90 Å². The summed E-state index contributed by atoms with van der Waals surface area (Å²) in [4.78, 5) is 4.43. The van der Waals surface area contributed by atoms with E-state index < -0.39 is 10.0 Å². The number of rotatable bonds is 7. The van der Waals surface area contributed by atoms with Crippen LogP contribution in [0.15, 0.2) is 34.2 Å². The lowest BCUT2D eigenvalue weighted by atomic mass is 10.3. The van der Waals surface area contributed by atoms with Gasteiger partial charge >= 0.3 is 0 Å². The van der Waals surface area contributed by atoms with Crippen LogP contribution < -0.4 is 5.32 Å². The molecule has 110 valence electrons. The van der Waals surface area contributed by atoms with Crippen LogP contribution in [0.25, 0.3) is 0 Å². The lowest BCUT2D eigenvalue weighted by molar-refractivity contribution is 0.149. The van der Waals surface area contributed by atoms with Crippen LogP contribution in [0.4, 0.5) is 5.69 Å². The maximum atomic E-state index is 12.4. The maximum absolute atomic E-state index is 12.4. The summed E-state index contributed by atoms with van der Waals surface area (Å²) in [5.41, 5.74) is 0.494. The van der Waals surface area contributed by atoms with Crippen molar-refractivity contribution in [1.82, 2.24) is 9.62 Å². The predicted molar refractivity (Wildman–Crippen MR) is 77.8 cm³/mol. The number of hydrogen-bond acceptors (Lipinski definition) is 5. The highest BCUT2D eigenvalue weighted by atomic mass is 32.2. The molecular weight excluding hydrogens is 278 g/mol. The summed E-state index contributed by atoms with van der Waals surface area (Å²) < 4.78 is 31.2. The van der Waals surface area contributed by atoms with E-state index in [0.29, 0.717) is 38.5 Å². The number of sulfonamides is 1. The van der Waals surface area contributed by atoms with Crippen molar-refractivity contribution in [3.05, 3.63) is 24.3 Å². The van der Waals surface area contributed by atoms with Gasteiger partial charge in [0.2, 0.25) is 0 Å². The van der Waals surface area contributed by atoms with Gasteiger partial charge < -0.3 is 10.1 Å². The van der Waals surface area contributed by atoms with E-state index >= 15 is 0 Å². The molecule has 0 aromatic heterocycles. The molecule has 0 atom stereocenters. The predicted octanol–water partition coefficient (Wildman–Crippen LogP) is 0.977. The second kappa shape index (κ2) is 6.83. The molecule has 0 amide bonds. The minimum Gasteiger partial charge on any atom is -0.380 e. The Labute approximate surface area is 119 Å². The number of benzene rings is 1. The molecule has 0 aliphatic carbocycles. The van der Waals surface area contributed by atoms with Gasteiger partial charge in [-0.2, -0.15) is 0 Å². The second-order valence-electron chi connectivity index (χ2n) is 4.27. The molecule has 2 rings (SSSR count). The van der Waals surface area contributed by atoms with E-state index in [1.54, 1.807) is 24.3 Å². The number of nitrogens with zero attached hydrogens (tertiary/aromatic N) is 2. The number of hydrogen-bond donors (Lipinski definition) is 1. The summed E-state index contributed by atoms with van der Waals surface area (Å²) in [7, 11) is -3.47. The molecule has 7 heteroatoms. The number of ether oxygens (including phenoxy) is 1. The first-order valence-electron chi connectivity index (χ1n) is 6.60. The van der Waals surface area contributed by atoms with E-state index in [2.05, 4.69) is 10.3 Å². The Morgan fingerprint density at radius 1 is 1.30 bits per heavy atom. The van der Waals surface area contributed by atoms with Crippen LogP contribution in [0.5, 0.6) is 0 Å². The minimum absolute atomic E-state index is 0.261. The number of para-hydroxylation sites is 1. The first kappa shape index (κ1) is 15.0. The Morgan fingerprint density at radius 2 is 2.10 bits per heavy atom. The molecule has 1 aromatic rings. The molecule has 0 spiro atoms. The zero-order valence-electron chi connectivity index (χ0n) is 11.4. The highest BCUT2D eigenvalue weighted by Crippen LogP contribution is 2.29. The molecule has 0 bridgehead atoms. The van der Waals surface area contributed by atoms with Gasteiger partial charge in [-0.25, -0.2) is 13.4 Å². The van der Waals surface area contributed by atoms with E-state index in [1.807, 2.05) is 6.92 Å². The summed E-state index contributed by atoms with van der Waals surface area (Å²) in [6.45, 7) is 4.86. The normalized spacial score (nSPS) is 16.1. The third-order valence-corrected chi connectivity index (χ3v) is 4.71. The molecule has 1 aromatic carbocycles. The van der Waals surface area contributed by atoms with Gasteiger partial charge in [0.1, 0.15) is 11.2 Å². The smallest absolute Gasteiger partial charge is 0.267 e. The molecule has 0 saturated carbocycles.